The summed E-state index contributed by atoms with van der Waals surface area (Å²) in [6.45, 7) is 2.11. The fourth-order valence-electron chi connectivity index (χ4n) is 3.65. The standard InChI is InChI=1S/C24H35N3O7/c1-17(14-25-2)22(30)26-24(32)21(20(16-29)34-24)33-13-9-5-4-8-12-27(3)23(31)19-11-7-6-10-18(19)15-28/h6-7,10-11,14-15,20-21,25,29,32H,4-5,8-9,12-13,16H2,1-3H3,(H,26,30)/b17-14-. The summed E-state index contributed by atoms with van der Waals surface area (Å²) in [5.74, 6) is -2.70. The van der Waals surface area contributed by atoms with Crippen LogP contribution in [0.15, 0.2) is 36.0 Å². The second kappa shape index (κ2) is 13.2. The van der Waals surface area contributed by atoms with E-state index in [-0.39, 0.29) is 12.5 Å². The van der Waals surface area contributed by atoms with Crippen LogP contribution in [0.5, 0.6) is 0 Å². The number of hydrogen-bond acceptors (Lipinski definition) is 8. The molecular formula is C24H35N3O7. The second-order valence-corrected chi connectivity index (χ2v) is 8.24. The second-order valence-electron chi connectivity index (χ2n) is 8.24. The summed E-state index contributed by atoms with van der Waals surface area (Å²) in [5.41, 5.74) is 1.12. The van der Waals surface area contributed by atoms with Crippen molar-refractivity contribution in [2.45, 2.75) is 50.7 Å². The van der Waals surface area contributed by atoms with Crippen molar-refractivity contribution >= 4 is 18.1 Å². The molecule has 1 heterocycles. The summed E-state index contributed by atoms with van der Waals surface area (Å²) in [4.78, 5) is 37.4. The van der Waals surface area contributed by atoms with E-state index >= 15 is 0 Å². The Morgan fingerprint density at radius 1 is 1.24 bits per heavy atom. The number of carbonyl (C=O) groups excluding carboxylic acids is 3. The summed E-state index contributed by atoms with van der Waals surface area (Å²) >= 11 is 0. The first kappa shape index (κ1) is 27.5. The number of carbonyl (C=O) groups is 3. The molecular weight excluding hydrogens is 442 g/mol. The maximum absolute atomic E-state index is 12.5. The van der Waals surface area contributed by atoms with Crippen LogP contribution in [0.2, 0.25) is 0 Å². The maximum atomic E-state index is 12.5. The molecule has 0 bridgehead atoms. The van der Waals surface area contributed by atoms with Gasteiger partial charge in [-0.25, -0.2) is 0 Å². The molecule has 1 saturated heterocycles. The third kappa shape index (κ3) is 7.10. The molecule has 1 aliphatic heterocycles. The molecule has 1 aromatic carbocycles. The highest BCUT2D eigenvalue weighted by Gasteiger charge is 2.57. The van der Waals surface area contributed by atoms with Crippen molar-refractivity contribution in [1.29, 1.82) is 0 Å². The van der Waals surface area contributed by atoms with E-state index in [1.807, 2.05) is 0 Å². The lowest BCUT2D eigenvalue weighted by Gasteiger charge is -2.49. The Labute approximate surface area is 199 Å². The Bertz CT molecular complexity index is 876. The summed E-state index contributed by atoms with van der Waals surface area (Å²) in [5, 5.41) is 25.1. The lowest BCUT2D eigenvalue weighted by molar-refractivity contribution is -0.405. The quantitative estimate of drug-likeness (QED) is 0.134. The smallest absolute Gasteiger partial charge is 0.280 e. The Hall–Kier alpha value is -2.79. The van der Waals surface area contributed by atoms with Crippen molar-refractivity contribution in [2.24, 2.45) is 0 Å². The van der Waals surface area contributed by atoms with Gasteiger partial charge in [0, 0.05) is 44.6 Å². The molecule has 1 fully saturated rings. The van der Waals surface area contributed by atoms with Crippen LogP contribution in [0.3, 0.4) is 0 Å². The van der Waals surface area contributed by atoms with Crippen molar-refractivity contribution < 1.29 is 34.1 Å². The minimum absolute atomic E-state index is 0.188. The van der Waals surface area contributed by atoms with Gasteiger partial charge in [-0.1, -0.05) is 31.0 Å². The first-order chi connectivity index (χ1) is 16.3. The lowest BCUT2D eigenvalue weighted by atomic mass is 10.0. The first-order valence-corrected chi connectivity index (χ1v) is 11.4. The zero-order valence-electron chi connectivity index (χ0n) is 20.0. The number of aliphatic hydroxyl groups excluding tert-OH is 1. The molecule has 10 nitrogen and oxygen atoms in total. The summed E-state index contributed by atoms with van der Waals surface area (Å²) in [6, 6.07) is 6.72. The van der Waals surface area contributed by atoms with Crippen LogP contribution in [0, 0.1) is 0 Å². The van der Waals surface area contributed by atoms with Gasteiger partial charge in [0.05, 0.1) is 12.2 Å². The molecule has 0 radical (unpaired) electrons. The van der Waals surface area contributed by atoms with Crippen molar-refractivity contribution in [3.63, 3.8) is 0 Å². The van der Waals surface area contributed by atoms with Crippen LogP contribution >= 0.6 is 0 Å². The van der Waals surface area contributed by atoms with E-state index in [2.05, 4.69) is 10.6 Å². The van der Waals surface area contributed by atoms with E-state index in [0.717, 1.165) is 19.3 Å². The van der Waals surface area contributed by atoms with Gasteiger partial charge in [0.15, 0.2) is 12.4 Å². The van der Waals surface area contributed by atoms with Crippen LogP contribution in [-0.2, 0) is 14.3 Å². The molecule has 1 aromatic rings. The Kier molecular flexibility index (Phi) is 10.6. The van der Waals surface area contributed by atoms with Crippen LogP contribution < -0.4 is 10.6 Å². The monoisotopic (exact) mass is 477 g/mol. The highest BCUT2D eigenvalue weighted by atomic mass is 16.7. The molecule has 3 atom stereocenters. The van der Waals surface area contributed by atoms with E-state index in [4.69, 9.17) is 9.47 Å². The number of nitrogens with zero attached hydrogens (tertiary/aromatic N) is 1. The molecule has 2 amide bonds. The molecule has 34 heavy (non-hydrogen) atoms. The van der Waals surface area contributed by atoms with Gasteiger partial charge in [0.1, 0.15) is 6.10 Å². The fourth-order valence-corrected chi connectivity index (χ4v) is 3.65. The molecule has 0 aromatic heterocycles. The topological polar surface area (TPSA) is 137 Å². The van der Waals surface area contributed by atoms with Gasteiger partial charge >= 0.3 is 0 Å². The zero-order valence-corrected chi connectivity index (χ0v) is 20.0. The number of nitrogens with one attached hydrogen (secondary N) is 2. The average Bonchev–Trinajstić information content (AvgIpc) is 2.83. The van der Waals surface area contributed by atoms with Gasteiger partial charge in [0.25, 0.3) is 17.7 Å². The maximum Gasteiger partial charge on any atom is 0.280 e. The molecule has 2 rings (SSSR count). The largest absolute Gasteiger partial charge is 0.394 e. The molecule has 188 valence electrons. The Balaban J connectivity index is 1.70. The van der Waals surface area contributed by atoms with Crippen LogP contribution in [-0.4, -0.2) is 85.2 Å². The van der Waals surface area contributed by atoms with Gasteiger partial charge in [-0.15, -0.1) is 0 Å². The number of benzene rings is 1. The number of hydrogen-bond donors (Lipinski definition) is 4. The number of aliphatic hydroxyl groups is 2. The molecule has 10 heteroatoms. The van der Waals surface area contributed by atoms with Gasteiger partial charge in [-0.3, -0.25) is 19.7 Å². The van der Waals surface area contributed by atoms with Gasteiger partial charge in [0.2, 0.25) is 0 Å². The predicted octanol–water partition coefficient (Wildman–Crippen LogP) is 0.793. The van der Waals surface area contributed by atoms with Crippen molar-refractivity contribution in [3.05, 3.63) is 47.2 Å². The van der Waals surface area contributed by atoms with Crippen molar-refractivity contribution in [1.82, 2.24) is 15.5 Å². The molecule has 3 unspecified atom stereocenters. The number of aldehydes is 1. The summed E-state index contributed by atoms with van der Waals surface area (Å²) in [6.07, 6.45) is 3.73. The highest BCUT2D eigenvalue weighted by Crippen LogP contribution is 2.31. The van der Waals surface area contributed by atoms with Gasteiger partial charge in [-0.2, -0.15) is 0 Å². The Morgan fingerprint density at radius 3 is 2.62 bits per heavy atom. The molecule has 0 aliphatic carbocycles. The van der Waals surface area contributed by atoms with Gasteiger partial charge < -0.3 is 29.9 Å². The van der Waals surface area contributed by atoms with E-state index < -0.39 is 24.0 Å². The molecule has 0 spiro atoms. The number of amides is 2. The number of unbranched alkanes of at least 4 members (excludes halogenated alkanes) is 3. The fraction of sp³-hybridized carbons (Fsp3) is 0.542. The summed E-state index contributed by atoms with van der Waals surface area (Å²) < 4.78 is 10.9. The van der Waals surface area contributed by atoms with E-state index in [1.54, 1.807) is 50.2 Å². The third-order valence-electron chi connectivity index (χ3n) is 5.60. The lowest BCUT2D eigenvalue weighted by Crippen LogP contribution is -2.74. The molecule has 4 N–H and O–H groups in total. The van der Waals surface area contributed by atoms with E-state index in [0.29, 0.717) is 42.6 Å². The molecule has 0 saturated carbocycles. The predicted molar refractivity (Wildman–Crippen MR) is 125 cm³/mol. The SMILES string of the molecule is CN/C=C(/C)C(=O)NC1(O)OC(CO)C1OCCCCCCN(C)C(=O)c1ccccc1C=O. The number of rotatable bonds is 14. The van der Waals surface area contributed by atoms with E-state index in [1.165, 1.54) is 6.20 Å². The van der Waals surface area contributed by atoms with Crippen LogP contribution in [0.1, 0.15) is 53.3 Å². The first-order valence-electron chi connectivity index (χ1n) is 11.4. The van der Waals surface area contributed by atoms with Crippen molar-refractivity contribution in [3.8, 4) is 0 Å². The minimum Gasteiger partial charge on any atom is -0.394 e. The Morgan fingerprint density at radius 2 is 1.94 bits per heavy atom. The minimum atomic E-state index is -1.99. The van der Waals surface area contributed by atoms with Crippen LogP contribution in [0.4, 0.5) is 0 Å². The number of ether oxygens (including phenoxy) is 2. The van der Waals surface area contributed by atoms with Crippen LogP contribution in [0.25, 0.3) is 0 Å². The third-order valence-corrected chi connectivity index (χ3v) is 5.60. The van der Waals surface area contributed by atoms with E-state index in [9.17, 15) is 24.6 Å². The molecule has 1 aliphatic rings. The highest BCUT2D eigenvalue weighted by molar-refractivity contribution is 6.01. The van der Waals surface area contributed by atoms with Crippen molar-refractivity contribution in [2.75, 3.05) is 33.9 Å². The average molecular weight is 478 g/mol. The van der Waals surface area contributed by atoms with Gasteiger partial charge in [-0.05, 0) is 25.8 Å². The zero-order chi connectivity index (χ0) is 25.1. The normalized spacial score (nSPS) is 22.0. The summed E-state index contributed by atoms with van der Waals surface area (Å²) in [7, 11) is 3.36.